The van der Waals surface area contributed by atoms with Gasteiger partial charge in [-0.3, -0.25) is 0 Å². The van der Waals surface area contributed by atoms with E-state index in [1.807, 2.05) is 0 Å². The molecule has 0 atom stereocenters. The van der Waals surface area contributed by atoms with Crippen molar-refractivity contribution in [1.29, 1.82) is 0 Å². The van der Waals surface area contributed by atoms with Crippen LogP contribution in [-0.4, -0.2) is 46.4 Å². The lowest BCUT2D eigenvalue weighted by Crippen LogP contribution is -2.09. The number of methoxy groups -OCH3 is 1. The molecule has 4 rings (SSSR count). The monoisotopic (exact) mass is 283 g/mol. The topological polar surface area (TPSA) is 122 Å². The Labute approximate surface area is 117 Å². The SMILES string of the molecule is COc1ncnc2c1ncn2-n1cnc2cnc(N)nc21. The third kappa shape index (κ3) is 1.59. The fraction of sp³-hybridized carbons (Fsp3) is 0.0909. The Bertz CT molecular complexity index is 957. The van der Waals surface area contributed by atoms with Crippen LogP contribution in [-0.2, 0) is 0 Å². The Balaban J connectivity index is 2.03. The lowest BCUT2D eigenvalue weighted by atomic mass is 10.5. The van der Waals surface area contributed by atoms with Gasteiger partial charge in [0.2, 0.25) is 11.8 Å². The molecule has 0 aromatic carbocycles. The fourth-order valence-corrected chi connectivity index (χ4v) is 2.08. The second-order valence-electron chi connectivity index (χ2n) is 4.17. The van der Waals surface area contributed by atoms with Crippen LogP contribution in [0, 0.1) is 0 Å². The van der Waals surface area contributed by atoms with Gasteiger partial charge in [0.05, 0.1) is 13.3 Å². The molecular formula is C11H9N9O. The van der Waals surface area contributed by atoms with Crippen molar-refractivity contribution in [3.63, 3.8) is 0 Å². The Morgan fingerprint density at radius 3 is 2.67 bits per heavy atom. The zero-order valence-corrected chi connectivity index (χ0v) is 10.9. The molecular weight excluding hydrogens is 274 g/mol. The lowest BCUT2D eigenvalue weighted by molar-refractivity contribution is 0.401. The summed E-state index contributed by atoms with van der Waals surface area (Å²) in [5.41, 5.74) is 7.92. The van der Waals surface area contributed by atoms with E-state index in [-0.39, 0.29) is 5.95 Å². The van der Waals surface area contributed by atoms with Crippen molar-refractivity contribution in [2.75, 3.05) is 12.8 Å². The van der Waals surface area contributed by atoms with E-state index in [9.17, 15) is 0 Å². The average Bonchev–Trinajstić information content (AvgIpc) is 3.09. The molecule has 0 bridgehead atoms. The molecule has 21 heavy (non-hydrogen) atoms. The minimum Gasteiger partial charge on any atom is -0.479 e. The number of nitrogens with two attached hydrogens (primary N) is 1. The first-order valence-corrected chi connectivity index (χ1v) is 5.96. The van der Waals surface area contributed by atoms with Gasteiger partial charge in [-0.1, -0.05) is 0 Å². The summed E-state index contributed by atoms with van der Waals surface area (Å²) in [7, 11) is 1.53. The predicted molar refractivity (Wildman–Crippen MR) is 72.4 cm³/mol. The molecule has 0 amide bonds. The van der Waals surface area contributed by atoms with Crippen LogP contribution in [0.5, 0.6) is 5.88 Å². The summed E-state index contributed by atoms with van der Waals surface area (Å²) >= 11 is 0. The third-order valence-corrected chi connectivity index (χ3v) is 3.00. The van der Waals surface area contributed by atoms with E-state index in [0.717, 1.165) is 0 Å². The highest BCUT2D eigenvalue weighted by atomic mass is 16.5. The van der Waals surface area contributed by atoms with Gasteiger partial charge in [0.1, 0.15) is 24.5 Å². The summed E-state index contributed by atoms with van der Waals surface area (Å²) in [5, 5.41) is 0. The zero-order chi connectivity index (χ0) is 14.4. The van der Waals surface area contributed by atoms with E-state index in [2.05, 4.69) is 29.9 Å². The molecule has 0 radical (unpaired) electrons. The van der Waals surface area contributed by atoms with Crippen molar-refractivity contribution >= 4 is 28.3 Å². The molecule has 4 aromatic rings. The van der Waals surface area contributed by atoms with E-state index in [0.29, 0.717) is 28.2 Å². The minimum atomic E-state index is 0.167. The first-order chi connectivity index (χ1) is 10.3. The van der Waals surface area contributed by atoms with Crippen LogP contribution >= 0.6 is 0 Å². The first kappa shape index (κ1) is 11.5. The van der Waals surface area contributed by atoms with E-state index in [1.54, 1.807) is 28.2 Å². The van der Waals surface area contributed by atoms with Crippen LogP contribution in [0.4, 0.5) is 5.95 Å². The van der Waals surface area contributed by atoms with Crippen molar-refractivity contribution < 1.29 is 4.74 Å². The molecule has 2 N–H and O–H groups in total. The summed E-state index contributed by atoms with van der Waals surface area (Å²) in [6.07, 6.45) is 6.14. The second-order valence-corrected chi connectivity index (χ2v) is 4.17. The maximum Gasteiger partial charge on any atom is 0.245 e. The fourth-order valence-electron chi connectivity index (χ4n) is 2.08. The van der Waals surface area contributed by atoms with Crippen molar-refractivity contribution in [2.24, 2.45) is 0 Å². The quantitative estimate of drug-likeness (QED) is 0.539. The molecule has 0 aliphatic rings. The standard InChI is InChI=1S/C11H9N9O/c1-21-10-7-9(14-3-15-10)20(5-17-7)19-4-16-6-2-13-11(12)18-8(6)19/h2-5H,1H3,(H2,12,13,18). The number of aromatic nitrogens is 8. The Kier molecular flexibility index (Phi) is 2.25. The van der Waals surface area contributed by atoms with Gasteiger partial charge in [0.15, 0.2) is 16.8 Å². The van der Waals surface area contributed by atoms with Gasteiger partial charge < -0.3 is 10.5 Å². The average molecular weight is 283 g/mol. The van der Waals surface area contributed by atoms with E-state index in [1.165, 1.54) is 13.4 Å². The first-order valence-electron chi connectivity index (χ1n) is 5.96. The van der Waals surface area contributed by atoms with E-state index >= 15 is 0 Å². The number of anilines is 1. The number of rotatable bonds is 2. The predicted octanol–water partition coefficient (Wildman–Crippen LogP) is -0.132. The summed E-state index contributed by atoms with van der Waals surface area (Å²) in [6.45, 7) is 0. The number of hydrogen-bond acceptors (Lipinski definition) is 8. The van der Waals surface area contributed by atoms with Crippen LogP contribution in [0.2, 0.25) is 0 Å². The maximum absolute atomic E-state index is 5.63. The second kappa shape index (κ2) is 4.10. The van der Waals surface area contributed by atoms with Gasteiger partial charge in [0.25, 0.3) is 0 Å². The molecule has 0 fully saturated rings. The number of imidazole rings is 2. The minimum absolute atomic E-state index is 0.167. The van der Waals surface area contributed by atoms with Crippen LogP contribution in [0.3, 0.4) is 0 Å². The van der Waals surface area contributed by atoms with Gasteiger partial charge in [-0.15, -0.1) is 0 Å². The van der Waals surface area contributed by atoms with Crippen LogP contribution in [0.25, 0.3) is 22.3 Å². The number of ether oxygens (including phenoxy) is 1. The van der Waals surface area contributed by atoms with Crippen molar-refractivity contribution in [1.82, 2.24) is 39.3 Å². The molecule has 4 heterocycles. The lowest BCUT2D eigenvalue weighted by Gasteiger charge is -2.05. The van der Waals surface area contributed by atoms with Gasteiger partial charge in [-0.05, 0) is 0 Å². The van der Waals surface area contributed by atoms with Crippen molar-refractivity contribution in [3.8, 4) is 5.88 Å². The summed E-state index contributed by atoms with van der Waals surface area (Å²) < 4.78 is 8.52. The van der Waals surface area contributed by atoms with E-state index in [4.69, 9.17) is 10.5 Å². The Hall–Kier alpha value is -3.30. The molecule has 0 saturated heterocycles. The van der Waals surface area contributed by atoms with Crippen LogP contribution in [0.15, 0.2) is 25.2 Å². The summed E-state index contributed by atoms with van der Waals surface area (Å²) in [4.78, 5) is 24.8. The number of nitrogen functional groups attached to an aromatic ring is 1. The molecule has 10 heteroatoms. The Morgan fingerprint density at radius 1 is 1.00 bits per heavy atom. The normalized spacial score (nSPS) is 11.3. The molecule has 0 aliphatic carbocycles. The molecule has 0 spiro atoms. The molecule has 10 nitrogen and oxygen atoms in total. The van der Waals surface area contributed by atoms with Gasteiger partial charge in [0, 0.05) is 0 Å². The van der Waals surface area contributed by atoms with Gasteiger partial charge in [-0.2, -0.15) is 9.97 Å². The molecule has 104 valence electrons. The molecule has 0 saturated carbocycles. The van der Waals surface area contributed by atoms with Gasteiger partial charge in [-0.25, -0.2) is 29.3 Å². The molecule has 0 aliphatic heterocycles. The van der Waals surface area contributed by atoms with E-state index < -0.39 is 0 Å². The van der Waals surface area contributed by atoms with Crippen molar-refractivity contribution in [3.05, 3.63) is 25.2 Å². The maximum atomic E-state index is 5.63. The largest absolute Gasteiger partial charge is 0.479 e. The number of hydrogen-bond donors (Lipinski definition) is 1. The van der Waals surface area contributed by atoms with Gasteiger partial charge >= 0.3 is 0 Å². The molecule has 4 aromatic heterocycles. The Morgan fingerprint density at radius 2 is 1.81 bits per heavy atom. The summed E-state index contributed by atoms with van der Waals surface area (Å²) in [5.74, 6) is 0.568. The third-order valence-electron chi connectivity index (χ3n) is 3.00. The molecule has 0 unspecified atom stereocenters. The highest BCUT2D eigenvalue weighted by molar-refractivity contribution is 5.77. The zero-order valence-electron chi connectivity index (χ0n) is 10.9. The highest BCUT2D eigenvalue weighted by Gasteiger charge is 2.14. The number of nitrogens with zero attached hydrogens (tertiary/aromatic N) is 8. The van der Waals surface area contributed by atoms with Crippen LogP contribution in [0.1, 0.15) is 0 Å². The smallest absolute Gasteiger partial charge is 0.245 e. The van der Waals surface area contributed by atoms with Crippen molar-refractivity contribution in [2.45, 2.75) is 0 Å². The van der Waals surface area contributed by atoms with Crippen LogP contribution < -0.4 is 10.5 Å². The summed E-state index contributed by atoms with van der Waals surface area (Å²) in [6, 6.07) is 0. The highest BCUT2D eigenvalue weighted by Crippen LogP contribution is 2.20. The number of fused-ring (bicyclic) bond motifs is 2.